The number of benzene rings is 1. The number of nitrogens with zero attached hydrogens (tertiary/aromatic N) is 1. The van der Waals surface area contributed by atoms with E-state index in [-0.39, 0.29) is 5.82 Å². The number of rotatable bonds is 4. The first-order valence-corrected chi connectivity index (χ1v) is 5.42. The smallest absolute Gasteiger partial charge is 0.125 e. The number of hydrogen-bond acceptors (Lipinski definition) is 1. The molecule has 0 atom stereocenters. The van der Waals surface area contributed by atoms with E-state index in [9.17, 15) is 4.39 Å². The Morgan fingerprint density at radius 1 is 1.31 bits per heavy atom. The van der Waals surface area contributed by atoms with E-state index in [2.05, 4.69) is 29.1 Å². The normalized spacial score (nSPS) is 10.4. The largest absolute Gasteiger partial charge is 0.381 e. The van der Waals surface area contributed by atoms with Gasteiger partial charge in [-0.2, -0.15) is 0 Å². The fourth-order valence-electron chi connectivity index (χ4n) is 1.59. The summed E-state index contributed by atoms with van der Waals surface area (Å²) in [6.07, 6.45) is 4.13. The maximum Gasteiger partial charge on any atom is 0.125 e. The van der Waals surface area contributed by atoms with Gasteiger partial charge in [0.2, 0.25) is 0 Å². The van der Waals surface area contributed by atoms with Gasteiger partial charge in [-0.1, -0.05) is 6.07 Å². The van der Waals surface area contributed by atoms with Crippen LogP contribution in [0.25, 0.3) is 0 Å². The van der Waals surface area contributed by atoms with Crippen molar-refractivity contribution in [3.05, 3.63) is 54.1 Å². The molecule has 0 aliphatic heterocycles. The lowest BCUT2D eigenvalue weighted by Crippen LogP contribution is -1.98. The highest BCUT2D eigenvalue weighted by Gasteiger charge is 1.97. The molecular formula is C13H15FN2. The van der Waals surface area contributed by atoms with Crippen molar-refractivity contribution in [3.63, 3.8) is 0 Å². The Kier molecular flexibility index (Phi) is 3.25. The first-order chi connectivity index (χ1) is 7.78. The second kappa shape index (κ2) is 4.84. The first-order valence-electron chi connectivity index (χ1n) is 5.42. The fraction of sp³-hybridized carbons (Fsp3) is 0.231. The Morgan fingerprint density at radius 3 is 2.88 bits per heavy atom. The molecule has 1 aromatic carbocycles. The molecule has 1 N–H and O–H groups in total. The van der Waals surface area contributed by atoms with Crippen molar-refractivity contribution in [1.82, 2.24) is 4.57 Å². The van der Waals surface area contributed by atoms with Crippen LogP contribution in [-0.4, -0.2) is 4.57 Å². The molecular weight excluding hydrogens is 203 g/mol. The molecule has 2 nitrogen and oxygen atoms in total. The molecule has 0 aliphatic carbocycles. The van der Waals surface area contributed by atoms with Gasteiger partial charge >= 0.3 is 0 Å². The molecule has 84 valence electrons. The minimum Gasteiger partial charge on any atom is -0.381 e. The molecule has 1 aromatic heterocycles. The first kappa shape index (κ1) is 10.7. The monoisotopic (exact) mass is 218 g/mol. The molecule has 1 heterocycles. The Labute approximate surface area is 94.7 Å². The third kappa shape index (κ3) is 2.63. The second-order valence-corrected chi connectivity index (χ2v) is 3.71. The van der Waals surface area contributed by atoms with E-state index in [1.54, 1.807) is 6.07 Å². The van der Waals surface area contributed by atoms with E-state index in [4.69, 9.17) is 0 Å². The third-order valence-electron chi connectivity index (χ3n) is 2.50. The zero-order valence-corrected chi connectivity index (χ0v) is 9.28. The molecule has 0 spiro atoms. The summed E-state index contributed by atoms with van der Waals surface area (Å²) in [7, 11) is 0. The van der Waals surface area contributed by atoms with Gasteiger partial charge in [0.05, 0.1) is 0 Å². The Morgan fingerprint density at radius 2 is 2.19 bits per heavy atom. The van der Waals surface area contributed by atoms with Crippen molar-refractivity contribution >= 4 is 5.69 Å². The molecule has 3 heteroatoms. The average molecular weight is 218 g/mol. The lowest BCUT2D eigenvalue weighted by Gasteiger charge is -2.04. The van der Waals surface area contributed by atoms with Crippen LogP contribution in [0.4, 0.5) is 10.1 Å². The van der Waals surface area contributed by atoms with E-state index < -0.39 is 0 Å². The fourth-order valence-corrected chi connectivity index (χ4v) is 1.59. The van der Waals surface area contributed by atoms with Gasteiger partial charge in [-0.25, -0.2) is 4.39 Å². The van der Waals surface area contributed by atoms with E-state index in [1.165, 1.54) is 17.7 Å². The van der Waals surface area contributed by atoms with Crippen LogP contribution in [-0.2, 0) is 13.1 Å². The average Bonchev–Trinajstić information content (AvgIpc) is 2.74. The van der Waals surface area contributed by atoms with E-state index in [0.717, 1.165) is 18.8 Å². The minimum atomic E-state index is -0.212. The lowest BCUT2D eigenvalue weighted by molar-refractivity contribution is 0.628. The van der Waals surface area contributed by atoms with Gasteiger partial charge in [-0.3, -0.25) is 0 Å². The molecule has 0 radical (unpaired) electrons. The molecule has 2 aromatic rings. The van der Waals surface area contributed by atoms with Crippen LogP contribution in [0.1, 0.15) is 12.5 Å². The van der Waals surface area contributed by atoms with E-state index in [1.807, 2.05) is 12.3 Å². The van der Waals surface area contributed by atoms with Crippen molar-refractivity contribution in [3.8, 4) is 0 Å². The van der Waals surface area contributed by atoms with Gasteiger partial charge in [-0.15, -0.1) is 0 Å². The number of hydrogen-bond donors (Lipinski definition) is 1. The highest BCUT2D eigenvalue weighted by Crippen LogP contribution is 2.11. The highest BCUT2D eigenvalue weighted by molar-refractivity contribution is 5.43. The van der Waals surface area contributed by atoms with E-state index in [0.29, 0.717) is 0 Å². The lowest BCUT2D eigenvalue weighted by atomic mass is 10.3. The molecule has 0 unspecified atom stereocenters. The summed E-state index contributed by atoms with van der Waals surface area (Å²) in [5.74, 6) is -0.212. The van der Waals surface area contributed by atoms with Crippen LogP contribution in [0.2, 0.25) is 0 Å². The van der Waals surface area contributed by atoms with Gasteiger partial charge < -0.3 is 9.88 Å². The van der Waals surface area contributed by atoms with Crippen molar-refractivity contribution < 1.29 is 4.39 Å². The molecule has 0 aliphatic rings. The van der Waals surface area contributed by atoms with Crippen LogP contribution in [0.15, 0.2) is 42.7 Å². The molecule has 0 fully saturated rings. The highest BCUT2D eigenvalue weighted by atomic mass is 19.1. The maximum atomic E-state index is 12.9. The summed E-state index contributed by atoms with van der Waals surface area (Å²) in [6, 6.07) is 8.57. The Hall–Kier alpha value is -1.77. The van der Waals surface area contributed by atoms with Crippen molar-refractivity contribution in [2.24, 2.45) is 0 Å². The minimum absolute atomic E-state index is 0.212. The summed E-state index contributed by atoms with van der Waals surface area (Å²) >= 11 is 0. The second-order valence-electron chi connectivity index (χ2n) is 3.71. The van der Waals surface area contributed by atoms with Crippen LogP contribution < -0.4 is 5.32 Å². The maximum absolute atomic E-state index is 12.9. The molecule has 16 heavy (non-hydrogen) atoms. The molecule has 0 amide bonds. The Balaban J connectivity index is 1.96. The van der Waals surface area contributed by atoms with Crippen molar-refractivity contribution in [2.45, 2.75) is 20.0 Å². The summed E-state index contributed by atoms with van der Waals surface area (Å²) in [5, 5.41) is 3.19. The van der Waals surface area contributed by atoms with Gasteiger partial charge in [0.15, 0.2) is 0 Å². The van der Waals surface area contributed by atoms with Crippen LogP contribution in [0.5, 0.6) is 0 Å². The third-order valence-corrected chi connectivity index (χ3v) is 2.50. The molecule has 0 bridgehead atoms. The van der Waals surface area contributed by atoms with Gasteiger partial charge in [0, 0.05) is 31.2 Å². The molecule has 0 saturated carbocycles. The number of nitrogens with one attached hydrogen (secondary N) is 1. The van der Waals surface area contributed by atoms with Crippen LogP contribution in [0.3, 0.4) is 0 Å². The Bertz CT molecular complexity index is 462. The van der Waals surface area contributed by atoms with Crippen molar-refractivity contribution in [1.29, 1.82) is 0 Å². The van der Waals surface area contributed by atoms with Gasteiger partial charge in [0.1, 0.15) is 5.82 Å². The molecule has 2 rings (SSSR count). The topological polar surface area (TPSA) is 17.0 Å². The number of anilines is 1. The van der Waals surface area contributed by atoms with Crippen LogP contribution in [0, 0.1) is 5.82 Å². The predicted octanol–water partition coefficient (Wildman–Crippen LogP) is 3.26. The number of aromatic nitrogens is 1. The SMILES string of the molecule is CCn1ccc(CNc2cccc(F)c2)c1. The van der Waals surface area contributed by atoms with Gasteiger partial charge in [-0.05, 0) is 36.8 Å². The van der Waals surface area contributed by atoms with Crippen LogP contribution >= 0.6 is 0 Å². The zero-order valence-electron chi connectivity index (χ0n) is 9.28. The van der Waals surface area contributed by atoms with Gasteiger partial charge in [0.25, 0.3) is 0 Å². The standard InChI is InChI=1S/C13H15FN2/c1-2-16-7-6-11(10-16)9-15-13-5-3-4-12(14)8-13/h3-8,10,15H,2,9H2,1H3. The summed E-state index contributed by atoms with van der Waals surface area (Å²) < 4.78 is 15.0. The summed E-state index contributed by atoms with van der Waals surface area (Å²) in [5.41, 5.74) is 2.01. The summed E-state index contributed by atoms with van der Waals surface area (Å²) in [6.45, 7) is 3.79. The van der Waals surface area contributed by atoms with E-state index >= 15 is 0 Å². The van der Waals surface area contributed by atoms with Crippen molar-refractivity contribution in [2.75, 3.05) is 5.32 Å². The molecule has 0 saturated heterocycles. The quantitative estimate of drug-likeness (QED) is 0.833. The zero-order chi connectivity index (χ0) is 11.4. The predicted molar refractivity (Wildman–Crippen MR) is 63.8 cm³/mol. The number of aryl methyl sites for hydroxylation is 1. The number of halogens is 1. The summed E-state index contributed by atoms with van der Waals surface area (Å²) in [4.78, 5) is 0.